The zero-order chi connectivity index (χ0) is 17.8. The van der Waals surface area contributed by atoms with Gasteiger partial charge in [-0.3, -0.25) is 9.79 Å². The number of halogens is 2. The van der Waals surface area contributed by atoms with Crippen LogP contribution in [0.5, 0.6) is 0 Å². The molecule has 7 heteroatoms. The van der Waals surface area contributed by atoms with Gasteiger partial charge in [-0.25, -0.2) is 4.39 Å². The van der Waals surface area contributed by atoms with Gasteiger partial charge in [0.25, 0.3) is 0 Å². The maximum absolute atomic E-state index is 13.1. The third kappa shape index (κ3) is 11.0. The molecule has 1 amide bonds. The molecule has 0 aliphatic heterocycles. The Morgan fingerprint density at radius 1 is 1.28 bits per heavy atom. The molecular weight excluding hydrogens is 434 g/mol. The van der Waals surface area contributed by atoms with Crippen molar-refractivity contribution in [3.05, 3.63) is 35.6 Å². The summed E-state index contributed by atoms with van der Waals surface area (Å²) in [4.78, 5) is 16.1. The number of carbonyl (C=O) groups excluding carboxylic acids is 1. The van der Waals surface area contributed by atoms with Crippen molar-refractivity contribution in [2.75, 3.05) is 19.6 Å². The van der Waals surface area contributed by atoms with Crippen LogP contribution in [0.2, 0.25) is 0 Å². The summed E-state index contributed by atoms with van der Waals surface area (Å²) in [7, 11) is 0. The molecule has 0 spiro atoms. The van der Waals surface area contributed by atoms with E-state index >= 15 is 0 Å². The molecule has 5 nitrogen and oxygen atoms in total. The second kappa shape index (κ2) is 13.9. The molecular formula is C18H30FIN4O. The van der Waals surface area contributed by atoms with Gasteiger partial charge in [0.05, 0.1) is 6.54 Å². The molecule has 0 saturated heterocycles. The number of hydrogen-bond acceptors (Lipinski definition) is 2. The van der Waals surface area contributed by atoms with E-state index in [4.69, 9.17) is 0 Å². The van der Waals surface area contributed by atoms with E-state index < -0.39 is 0 Å². The molecule has 0 heterocycles. The minimum atomic E-state index is -0.222. The topological polar surface area (TPSA) is 65.5 Å². The molecule has 3 N–H and O–H groups in total. The fourth-order valence-electron chi connectivity index (χ4n) is 2.08. The van der Waals surface area contributed by atoms with Crippen LogP contribution in [0, 0.1) is 5.82 Å². The van der Waals surface area contributed by atoms with Gasteiger partial charge in [-0.2, -0.15) is 0 Å². The molecule has 0 saturated carbocycles. The standard InChI is InChI=1S/C18H29FN4O.HI/c1-4-14(3)23-17(24)10-12-22-18(20-5-2)21-11-9-15-7-6-8-16(19)13-15;/h6-8,13-14H,4-5,9-12H2,1-3H3,(H,23,24)(H2,20,21,22);1H. The van der Waals surface area contributed by atoms with Gasteiger partial charge < -0.3 is 16.0 Å². The lowest BCUT2D eigenvalue weighted by Gasteiger charge is -2.12. The molecule has 0 fully saturated rings. The zero-order valence-corrected chi connectivity index (χ0v) is 17.6. The molecule has 142 valence electrons. The lowest BCUT2D eigenvalue weighted by Crippen LogP contribution is -2.38. The Hall–Kier alpha value is -1.38. The fraction of sp³-hybridized carbons (Fsp3) is 0.556. The van der Waals surface area contributed by atoms with Gasteiger partial charge in [-0.15, -0.1) is 24.0 Å². The minimum Gasteiger partial charge on any atom is -0.357 e. The molecule has 1 atom stereocenters. The molecule has 1 aromatic carbocycles. The lowest BCUT2D eigenvalue weighted by molar-refractivity contribution is -0.121. The van der Waals surface area contributed by atoms with Crippen molar-refractivity contribution < 1.29 is 9.18 Å². The molecule has 0 bridgehead atoms. The Labute approximate surface area is 167 Å². The normalized spacial score (nSPS) is 12.1. The number of carbonyl (C=O) groups is 1. The van der Waals surface area contributed by atoms with Crippen LogP contribution in [-0.2, 0) is 11.2 Å². The van der Waals surface area contributed by atoms with Gasteiger partial charge in [-0.1, -0.05) is 19.1 Å². The van der Waals surface area contributed by atoms with Gasteiger partial charge in [-0.05, 0) is 44.4 Å². The smallest absolute Gasteiger partial charge is 0.222 e. The lowest BCUT2D eigenvalue weighted by atomic mass is 10.1. The van der Waals surface area contributed by atoms with Crippen LogP contribution in [0.15, 0.2) is 29.3 Å². The summed E-state index contributed by atoms with van der Waals surface area (Å²) in [6, 6.07) is 6.77. The number of amides is 1. The summed E-state index contributed by atoms with van der Waals surface area (Å²) in [5.74, 6) is 0.467. The van der Waals surface area contributed by atoms with E-state index in [0.717, 1.165) is 18.5 Å². The number of benzene rings is 1. The Balaban J connectivity index is 0.00000576. The predicted octanol–water partition coefficient (Wildman–Crippen LogP) is 2.85. The van der Waals surface area contributed by atoms with Crippen molar-refractivity contribution in [2.45, 2.75) is 46.1 Å². The van der Waals surface area contributed by atoms with Crippen molar-refractivity contribution in [1.82, 2.24) is 16.0 Å². The third-order valence-corrected chi connectivity index (χ3v) is 3.57. The summed E-state index contributed by atoms with van der Waals surface area (Å²) in [6.45, 7) is 7.82. The number of rotatable bonds is 9. The molecule has 0 radical (unpaired) electrons. The third-order valence-electron chi connectivity index (χ3n) is 3.57. The molecule has 25 heavy (non-hydrogen) atoms. The Morgan fingerprint density at radius 2 is 2.04 bits per heavy atom. The van der Waals surface area contributed by atoms with E-state index in [2.05, 4.69) is 20.9 Å². The van der Waals surface area contributed by atoms with Gasteiger partial charge in [0, 0.05) is 25.6 Å². The van der Waals surface area contributed by atoms with E-state index in [-0.39, 0.29) is 41.7 Å². The van der Waals surface area contributed by atoms with Crippen LogP contribution in [0.25, 0.3) is 0 Å². The molecule has 0 aromatic heterocycles. The number of nitrogens with one attached hydrogen (secondary N) is 3. The quantitative estimate of drug-likeness (QED) is 0.299. The highest BCUT2D eigenvalue weighted by Crippen LogP contribution is 2.03. The summed E-state index contributed by atoms with van der Waals surface area (Å²) >= 11 is 0. The van der Waals surface area contributed by atoms with Crippen molar-refractivity contribution in [1.29, 1.82) is 0 Å². The largest absolute Gasteiger partial charge is 0.357 e. The van der Waals surface area contributed by atoms with E-state index in [9.17, 15) is 9.18 Å². The first kappa shape index (κ1) is 23.6. The SMILES string of the molecule is CCNC(=NCCC(=O)NC(C)CC)NCCc1cccc(F)c1.I. The van der Waals surface area contributed by atoms with E-state index in [1.807, 2.05) is 26.8 Å². The highest BCUT2D eigenvalue weighted by molar-refractivity contribution is 14.0. The Kier molecular flexibility index (Phi) is 13.1. The second-order valence-corrected chi connectivity index (χ2v) is 5.69. The van der Waals surface area contributed by atoms with Gasteiger partial charge in [0.1, 0.15) is 5.82 Å². The molecule has 1 aromatic rings. The molecule has 0 aliphatic carbocycles. The maximum atomic E-state index is 13.1. The fourth-order valence-corrected chi connectivity index (χ4v) is 2.08. The van der Waals surface area contributed by atoms with Crippen molar-refractivity contribution in [2.24, 2.45) is 4.99 Å². The number of hydrogen-bond donors (Lipinski definition) is 3. The first-order valence-electron chi connectivity index (χ1n) is 8.61. The predicted molar refractivity (Wildman–Crippen MR) is 112 cm³/mol. The van der Waals surface area contributed by atoms with Crippen LogP contribution in [0.1, 0.15) is 39.2 Å². The first-order valence-corrected chi connectivity index (χ1v) is 8.61. The minimum absolute atomic E-state index is 0. The Morgan fingerprint density at radius 3 is 2.68 bits per heavy atom. The number of nitrogens with zero attached hydrogens (tertiary/aromatic N) is 1. The van der Waals surface area contributed by atoms with E-state index in [0.29, 0.717) is 31.9 Å². The maximum Gasteiger partial charge on any atom is 0.222 e. The van der Waals surface area contributed by atoms with Gasteiger partial charge in [0.2, 0.25) is 5.91 Å². The first-order chi connectivity index (χ1) is 11.5. The van der Waals surface area contributed by atoms with Crippen LogP contribution < -0.4 is 16.0 Å². The van der Waals surface area contributed by atoms with Crippen molar-refractivity contribution in [3.8, 4) is 0 Å². The van der Waals surface area contributed by atoms with Crippen molar-refractivity contribution in [3.63, 3.8) is 0 Å². The van der Waals surface area contributed by atoms with Crippen LogP contribution >= 0.6 is 24.0 Å². The molecule has 1 rings (SSSR count). The van der Waals surface area contributed by atoms with Crippen LogP contribution in [-0.4, -0.2) is 37.5 Å². The summed E-state index contributed by atoms with van der Waals surface area (Å²) in [5.41, 5.74) is 0.936. The summed E-state index contributed by atoms with van der Waals surface area (Å²) < 4.78 is 13.1. The highest BCUT2D eigenvalue weighted by atomic mass is 127. The Bertz CT molecular complexity index is 540. The molecule has 0 aliphatic rings. The summed E-state index contributed by atoms with van der Waals surface area (Å²) in [6.07, 6.45) is 1.99. The van der Waals surface area contributed by atoms with Gasteiger partial charge >= 0.3 is 0 Å². The van der Waals surface area contributed by atoms with Crippen LogP contribution in [0.3, 0.4) is 0 Å². The summed E-state index contributed by atoms with van der Waals surface area (Å²) in [5, 5.41) is 9.26. The average Bonchev–Trinajstić information content (AvgIpc) is 2.54. The second-order valence-electron chi connectivity index (χ2n) is 5.69. The molecule has 1 unspecified atom stereocenters. The zero-order valence-electron chi connectivity index (χ0n) is 15.3. The number of aliphatic imine (C=N–C) groups is 1. The van der Waals surface area contributed by atoms with Gasteiger partial charge in [0.15, 0.2) is 5.96 Å². The van der Waals surface area contributed by atoms with E-state index in [1.165, 1.54) is 12.1 Å². The average molecular weight is 464 g/mol. The monoisotopic (exact) mass is 464 g/mol. The number of guanidine groups is 1. The van der Waals surface area contributed by atoms with Crippen molar-refractivity contribution >= 4 is 35.8 Å². The van der Waals surface area contributed by atoms with Crippen LogP contribution in [0.4, 0.5) is 4.39 Å². The highest BCUT2D eigenvalue weighted by Gasteiger charge is 2.05. The van der Waals surface area contributed by atoms with E-state index in [1.54, 1.807) is 6.07 Å².